The minimum Gasteiger partial charge on any atom is -0.298 e. The molecule has 32 valence electrons. The lowest BCUT2D eigenvalue weighted by Crippen LogP contribution is -1.92. The van der Waals surface area contributed by atoms with Gasteiger partial charge >= 0.3 is 0 Å². The maximum Gasteiger partial charge on any atom is 0.145 e. The highest BCUT2D eigenvalue weighted by Crippen LogP contribution is 2.13. The van der Waals surface area contributed by atoms with Crippen LogP contribution in [0.1, 0.15) is 12.8 Å². The van der Waals surface area contributed by atoms with Gasteiger partial charge < -0.3 is 0 Å². The van der Waals surface area contributed by atoms with Gasteiger partial charge in [-0.15, -0.1) is 0 Å². The molecule has 0 aliphatic heterocycles. The highest BCUT2D eigenvalue weighted by Gasteiger charge is 2.00. The fourth-order valence-corrected chi connectivity index (χ4v) is 0.418. The maximum absolute atomic E-state index is 9.72. The van der Waals surface area contributed by atoms with Crippen LogP contribution in [0.4, 0.5) is 0 Å². The van der Waals surface area contributed by atoms with Crippen molar-refractivity contribution in [3.8, 4) is 0 Å². The molecule has 0 atom stereocenters. The average Bonchev–Trinajstić information content (AvgIpc) is 1.31. The van der Waals surface area contributed by atoms with Crippen molar-refractivity contribution in [2.24, 2.45) is 0 Å². The Morgan fingerprint density at radius 3 is 2.50 bits per heavy atom. The van der Waals surface area contributed by atoms with E-state index in [1.807, 2.05) is 6.08 Å². The summed E-state index contributed by atoms with van der Waals surface area (Å²) >= 11 is 0. The quantitative estimate of drug-likeness (QED) is 0.429. The third-order valence-corrected chi connectivity index (χ3v) is 0.991. The van der Waals surface area contributed by atoms with E-state index in [1.54, 1.807) is 0 Å². The van der Waals surface area contributed by atoms with Crippen molar-refractivity contribution >= 4 is 6.29 Å². The van der Waals surface area contributed by atoms with Crippen LogP contribution < -0.4 is 0 Å². The molecule has 0 aromatic carbocycles. The molecule has 0 N–H and O–H groups in total. The molecule has 6 heavy (non-hydrogen) atoms. The summed E-state index contributed by atoms with van der Waals surface area (Å²) in [6, 6.07) is 0. The second kappa shape index (κ2) is 1.25. The van der Waals surface area contributed by atoms with Crippen molar-refractivity contribution in [1.29, 1.82) is 0 Å². The molecule has 0 saturated heterocycles. The summed E-state index contributed by atoms with van der Waals surface area (Å²) in [7, 11) is 0. The molecule has 0 radical (unpaired) electrons. The van der Waals surface area contributed by atoms with Crippen LogP contribution in [0.2, 0.25) is 0 Å². The minimum atomic E-state index is 0.920. The van der Waals surface area contributed by atoms with Gasteiger partial charge in [-0.3, -0.25) is 4.79 Å². The molecule has 1 aliphatic carbocycles. The lowest BCUT2D eigenvalue weighted by Gasteiger charge is -2.03. The van der Waals surface area contributed by atoms with Crippen molar-refractivity contribution < 1.29 is 4.79 Å². The Hall–Kier alpha value is -0.590. The summed E-state index contributed by atoms with van der Waals surface area (Å²) in [6.07, 6.45) is 4.98. The molecule has 0 heterocycles. The van der Waals surface area contributed by atoms with Gasteiger partial charge in [0, 0.05) is 0 Å². The van der Waals surface area contributed by atoms with E-state index in [0.717, 1.165) is 24.7 Å². The highest BCUT2D eigenvalue weighted by atomic mass is 16.1. The maximum atomic E-state index is 9.72. The van der Waals surface area contributed by atoms with E-state index in [9.17, 15) is 4.79 Å². The predicted octanol–water partition coefficient (Wildman–Crippen LogP) is 0.905. The average molecular weight is 82.1 g/mol. The molecule has 0 bridgehead atoms. The van der Waals surface area contributed by atoms with Crippen LogP contribution in [-0.4, -0.2) is 6.29 Å². The van der Waals surface area contributed by atoms with Gasteiger partial charge in [-0.05, 0) is 18.4 Å². The first-order valence-corrected chi connectivity index (χ1v) is 2.07. The number of aldehydes is 1. The van der Waals surface area contributed by atoms with Crippen molar-refractivity contribution in [3.63, 3.8) is 0 Å². The molecule has 0 aromatic heterocycles. The number of rotatable bonds is 1. The number of carbonyl (C=O) groups is 1. The van der Waals surface area contributed by atoms with Crippen molar-refractivity contribution in [2.75, 3.05) is 0 Å². The van der Waals surface area contributed by atoms with Crippen LogP contribution >= 0.6 is 0 Å². The fraction of sp³-hybridized carbons (Fsp3) is 0.400. The zero-order chi connectivity index (χ0) is 4.41. The topological polar surface area (TPSA) is 17.1 Å². The minimum absolute atomic E-state index is 0.920. The number of allylic oxidation sites excluding steroid dienone is 2. The summed E-state index contributed by atoms with van der Waals surface area (Å²) < 4.78 is 0. The van der Waals surface area contributed by atoms with Gasteiger partial charge in [0.2, 0.25) is 0 Å². The van der Waals surface area contributed by atoms with Crippen LogP contribution in [0.5, 0.6) is 0 Å². The number of hydrogen-bond acceptors (Lipinski definition) is 1. The summed E-state index contributed by atoms with van der Waals surface area (Å²) in [5.41, 5.74) is 0.968. The van der Waals surface area contributed by atoms with E-state index in [0.29, 0.717) is 0 Å². The standard InChI is InChI=1S/C5H6O/c6-4-5-2-1-3-5/h2,4H,1,3H2. The smallest absolute Gasteiger partial charge is 0.145 e. The van der Waals surface area contributed by atoms with Crippen LogP contribution in [0.25, 0.3) is 0 Å². The molecule has 0 saturated carbocycles. The predicted molar refractivity (Wildman–Crippen MR) is 23.4 cm³/mol. The Balaban J connectivity index is 2.52. The molecular weight excluding hydrogens is 76.1 g/mol. The van der Waals surface area contributed by atoms with Gasteiger partial charge in [-0.25, -0.2) is 0 Å². The molecule has 1 nitrogen and oxygen atoms in total. The zero-order valence-corrected chi connectivity index (χ0v) is 3.48. The highest BCUT2D eigenvalue weighted by molar-refractivity contribution is 5.74. The SMILES string of the molecule is O=CC1=CCC1. The molecule has 1 aliphatic rings. The third kappa shape index (κ3) is 0.361. The summed E-state index contributed by atoms with van der Waals surface area (Å²) in [6.45, 7) is 0. The van der Waals surface area contributed by atoms with E-state index < -0.39 is 0 Å². The van der Waals surface area contributed by atoms with E-state index >= 15 is 0 Å². The first kappa shape index (κ1) is 3.59. The Bertz CT molecular complexity index is 92.1. The second-order valence-electron chi connectivity index (χ2n) is 1.44. The summed E-state index contributed by atoms with van der Waals surface area (Å²) in [5.74, 6) is 0. The number of hydrogen-bond donors (Lipinski definition) is 0. The molecule has 0 spiro atoms. The third-order valence-electron chi connectivity index (χ3n) is 0.991. The molecule has 1 heteroatoms. The van der Waals surface area contributed by atoms with Crippen molar-refractivity contribution in [3.05, 3.63) is 11.6 Å². The molecule has 0 amide bonds. The molecule has 0 aromatic rings. The Morgan fingerprint density at radius 2 is 2.50 bits per heavy atom. The van der Waals surface area contributed by atoms with Gasteiger partial charge in [0.1, 0.15) is 6.29 Å². The first-order valence-electron chi connectivity index (χ1n) is 2.07. The molecule has 0 unspecified atom stereocenters. The first-order chi connectivity index (χ1) is 2.93. The largest absolute Gasteiger partial charge is 0.298 e. The van der Waals surface area contributed by atoms with Gasteiger partial charge in [-0.1, -0.05) is 6.08 Å². The van der Waals surface area contributed by atoms with E-state index in [4.69, 9.17) is 0 Å². The summed E-state index contributed by atoms with van der Waals surface area (Å²) in [5, 5.41) is 0. The Kier molecular flexibility index (Phi) is 0.748. The lowest BCUT2D eigenvalue weighted by atomic mass is 10.0. The fourth-order valence-electron chi connectivity index (χ4n) is 0.418. The van der Waals surface area contributed by atoms with Crippen molar-refractivity contribution in [2.45, 2.75) is 12.8 Å². The van der Waals surface area contributed by atoms with Crippen molar-refractivity contribution in [1.82, 2.24) is 0 Å². The van der Waals surface area contributed by atoms with Gasteiger partial charge in [0.05, 0.1) is 0 Å². The van der Waals surface area contributed by atoms with E-state index in [2.05, 4.69) is 0 Å². The lowest BCUT2D eigenvalue weighted by molar-refractivity contribution is -0.105. The summed E-state index contributed by atoms with van der Waals surface area (Å²) in [4.78, 5) is 9.72. The van der Waals surface area contributed by atoms with E-state index in [-0.39, 0.29) is 0 Å². The van der Waals surface area contributed by atoms with Crippen LogP contribution in [0, 0.1) is 0 Å². The van der Waals surface area contributed by atoms with E-state index in [1.165, 1.54) is 0 Å². The van der Waals surface area contributed by atoms with Gasteiger partial charge in [0.25, 0.3) is 0 Å². The molecule has 1 rings (SSSR count). The molecular formula is C5H6O. The van der Waals surface area contributed by atoms with Crippen LogP contribution in [0.3, 0.4) is 0 Å². The van der Waals surface area contributed by atoms with Crippen LogP contribution in [-0.2, 0) is 4.79 Å². The normalized spacial score (nSPS) is 18.3. The number of carbonyl (C=O) groups excluding carboxylic acids is 1. The second-order valence-corrected chi connectivity index (χ2v) is 1.44. The van der Waals surface area contributed by atoms with Gasteiger partial charge in [0.15, 0.2) is 0 Å². The molecule has 0 fully saturated rings. The van der Waals surface area contributed by atoms with Gasteiger partial charge in [-0.2, -0.15) is 0 Å². The monoisotopic (exact) mass is 82.0 g/mol. The van der Waals surface area contributed by atoms with Crippen LogP contribution in [0.15, 0.2) is 11.6 Å². The zero-order valence-electron chi connectivity index (χ0n) is 3.48. The Labute approximate surface area is 36.7 Å². The Morgan fingerprint density at radius 1 is 1.83 bits per heavy atom.